The van der Waals surface area contributed by atoms with E-state index in [1.807, 2.05) is 6.92 Å². The Kier molecular flexibility index (Phi) is 5.37. The number of aromatic nitrogens is 6. The van der Waals surface area contributed by atoms with Gasteiger partial charge < -0.3 is 10.1 Å². The Hall–Kier alpha value is -3.07. The molecular formula is C16H16ClN7O2. The van der Waals surface area contributed by atoms with E-state index in [1.165, 1.54) is 35.5 Å². The third-order valence-electron chi connectivity index (χ3n) is 3.40. The third kappa shape index (κ3) is 3.94. The summed E-state index contributed by atoms with van der Waals surface area (Å²) in [5, 5.41) is 11.2. The van der Waals surface area contributed by atoms with Crippen molar-refractivity contribution >= 4 is 17.5 Å². The number of pyridine rings is 1. The van der Waals surface area contributed by atoms with Crippen molar-refractivity contribution in [3.63, 3.8) is 0 Å². The van der Waals surface area contributed by atoms with E-state index < -0.39 is 6.04 Å². The summed E-state index contributed by atoms with van der Waals surface area (Å²) < 4.78 is 5.32. The van der Waals surface area contributed by atoms with Gasteiger partial charge in [-0.05, 0) is 19.9 Å². The highest BCUT2D eigenvalue weighted by Crippen LogP contribution is 2.19. The highest BCUT2D eigenvalue weighted by molar-refractivity contribution is 6.29. The van der Waals surface area contributed by atoms with E-state index in [1.54, 1.807) is 13.1 Å². The van der Waals surface area contributed by atoms with E-state index in [4.69, 9.17) is 16.3 Å². The number of nitrogens with one attached hydrogen (secondary N) is 1. The summed E-state index contributed by atoms with van der Waals surface area (Å²) in [5.41, 5.74) is 0.866. The number of rotatable bonds is 6. The van der Waals surface area contributed by atoms with Crippen molar-refractivity contribution in [1.82, 2.24) is 35.3 Å². The number of halogens is 1. The zero-order valence-corrected chi connectivity index (χ0v) is 14.9. The van der Waals surface area contributed by atoms with Crippen LogP contribution in [0.5, 0.6) is 5.88 Å². The number of nitrogens with zero attached hydrogens (tertiary/aromatic N) is 6. The first-order chi connectivity index (χ1) is 12.6. The fraction of sp³-hybridized carbons (Fsp3) is 0.250. The minimum atomic E-state index is -0.445. The molecule has 1 amide bonds. The van der Waals surface area contributed by atoms with Gasteiger partial charge in [0.15, 0.2) is 5.82 Å². The molecule has 0 radical (unpaired) electrons. The maximum atomic E-state index is 12.6. The van der Waals surface area contributed by atoms with E-state index in [2.05, 4.69) is 30.5 Å². The number of ether oxygens (including phenoxy) is 1. The van der Waals surface area contributed by atoms with Crippen molar-refractivity contribution in [2.24, 2.45) is 0 Å². The minimum Gasteiger partial charge on any atom is -0.478 e. The quantitative estimate of drug-likeness (QED) is 0.658. The van der Waals surface area contributed by atoms with Gasteiger partial charge in [0.2, 0.25) is 5.88 Å². The lowest BCUT2D eigenvalue weighted by atomic mass is 10.2. The second-order valence-electron chi connectivity index (χ2n) is 5.23. The summed E-state index contributed by atoms with van der Waals surface area (Å²) >= 11 is 5.96. The molecule has 9 nitrogen and oxygen atoms in total. The highest BCUT2D eigenvalue weighted by atomic mass is 35.5. The molecule has 1 atom stereocenters. The Labute approximate surface area is 154 Å². The van der Waals surface area contributed by atoms with Gasteiger partial charge in [-0.15, -0.1) is 4.80 Å². The van der Waals surface area contributed by atoms with Gasteiger partial charge in [-0.1, -0.05) is 11.6 Å². The molecule has 0 saturated heterocycles. The number of hydrogen-bond acceptors (Lipinski definition) is 7. The molecule has 3 heterocycles. The fourth-order valence-electron chi connectivity index (χ4n) is 2.30. The van der Waals surface area contributed by atoms with Gasteiger partial charge >= 0.3 is 0 Å². The second-order valence-corrected chi connectivity index (χ2v) is 5.62. The first kappa shape index (κ1) is 17.7. The summed E-state index contributed by atoms with van der Waals surface area (Å²) in [7, 11) is 0. The van der Waals surface area contributed by atoms with Crippen LogP contribution in [0, 0.1) is 0 Å². The highest BCUT2D eigenvalue weighted by Gasteiger charge is 2.19. The van der Waals surface area contributed by atoms with Crippen molar-refractivity contribution in [3.8, 4) is 11.7 Å². The van der Waals surface area contributed by atoms with Gasteiger partial charge in [-0.25, -0.2) is 9.97 Å². The summed E-state index contributed by atoms with van der Waals surface area (Å²) in [5.74, 6) is 0.389. The first-order valence-corrected chi connectivity index (χ1v) is 8.25. The van der Waals surface area contributed by atoms with Crippen LogP contribution in [0.3, 0.4) is 0 Å². The lowest BCUT2D eigenvalue weighted by molar-refractivity contribution is 0.0938. The van der Waals surface area contributed by atoms with E-state index in [-0.39, 0.29) is 11.1 Å². The Morgan fingerprint density at radius 3 is 2.69 bits per heavy atom. The van der Waals surface area contributed by atoms with Crippen LogP contribution in [0.2, 0.25) is 5.15 Å². The van der Waals surface area contributed by atoms with Crippen LogP contribution in [0.1, 0.15) is 35.9 Å². The molecule has 0 spiro atoms. The van der Waals surface area contributed by atoms with Crippen LogP contribution >= 0.6 is 11.6 Å². The molecule has 3 aromatic heterocycles. The van der Waals surface area contributed by atoms with Crippen molar-refractivity contribution < 1.29 is 9.53 Å². The Bertz CT molecular complexity index is 901. The van der Waals surface area contributed by atoms with Gasteiger partial charge in [0.25, 0.3) is 5.91 Å². The van der Waals surface area contributed by atoms with E-state index >= 15 is 0 Å². The molecule has 0 saturated carbocycles. The van der Waals surface area contributed by atoms with Gasteiger partial charge in [0.1, 0.15) is 10.8 Å². The minimum absolute atomic E-state index is 0.176. The molecule has 3 rings (SSSR count). The topological polar surface area (TPSA) is 108 Å². The molecule has 0 aliphatic heterocycles. The summed E-state index contributed by atoms with van der Waals surface area (Å²) in [6.07, 6.45) is 6.15. The largest absolute Gasteiger partial charge is 0.478 e. The van der Waals surface area contributed by atoms with Gasteiger partial charge in [-0.2, -0.15) is 10.2 Å². The Morgan fingerprint density at radius 2 is 1.96 bits per heavy atom. The standard InChI is InChI=1S/C16H16ClN7O2/c1-3-26-13-9-11(8-12(17)23-13)16(25)22-10(2)14-15(19-5-4-18-14)24-20-6-7-21-24/h4-10H,3H2,1-2H3,(H,22,25). The molecule has 0 fully saturated rings. The van der Waals surface area contributed by atoms with Crippen LogP contribution in [0.15, 0.2) is 36.9 Å². The zero-order chi connectivity index (χ0) is 18.5. The summed E-state index contributed by atoms with van der Waals surface area (Å²) in [4.78, 5) is 26.5. The number of hydrogen-bond donors (Lipinski definition) is 1. The van der Waals surface area contributed by atoms with E-state index in [9.17, 15) is 4.79 Å². The summed E-state index contributed by atoms with van der Waals surface area (Å²) in [6.45, 7) is 4.04. The van der Waals surface area contributed by atoms with Crippen LogP contribution in [0.4, 0.5) is 0 Å². The molecule has 0 bridgehead atoms. The normalized spacial score (nSPS) is 11.8. The lowest BCUT2D eigenvalue weighted by Crippen LogP contribution is -2.28. The maximum absolute atomic E-state index is 12.6. The molecule has 26 heavy (non-hydrogen) atoms. The van der Waals surface area contributed by atoms with E-state index in [0.29, 0.717) is 29.6 Å². The Balaban J connectivity index is 1.83. The fourth-order valence-corrected chi connectivity index (χ4v) is 2.50. The smallest absolute Gasteiger partial charge is 0.252 e. The first-order valence-electron chi connectivity index (χ1n) is 7.87. The average molecular weight is 374 g/mol. The van der Waals surface area contributed by atoms with Crippen LogP contribution in [-0.2, 0) is 0 Å². The maximum Gasteiger partial charge on any atom is 0.252 e. The third-order valence-corrected chi connectivity index (χ3v) is 3.59. The molecule has 1 unspecified atom stereocenters. The van der Waals surface area contributed by atoms with E-state index in [0.717, 1.165) is 0 Å². The SMILES string of the molecule is CCOc1cc(C(=O)NC(C)c2nccnc2-n2nccn2)cc(Cl)n1. The van der Waals surface area contributed by atoms with Gasteiger partial charge in [0.05, 0.1) is 25.0 Å². The van der Waals surface area contributed by atoms with Crippen molar-refractivity contribution in [2.45, 2.75) is 19.9 Å². The number of carbonyl (C=O) groups is 1. The molecule has 1 N–H and O–H groups in total. The predicted octanol–water partition coefficient (Wildman–Crippen LogP) is 2.00. The molecular weight excluding hydrogens is 358 g/mol. The predicted molar refractivity (Wildman–Crippen MR) is 93.2 cm³/mol. The molecule has 0 aliphatic rings. The molecule has 134 valence electrons. The number of amides is 1. The van der Waals surface area contributed by atoms with Gasteiger partial charge in [-0.3, -0.25) is 9.78 Å². The van der Waals surface area contributed by atoms with Crippen LogP contribution in [-0.4, -0.2) is 42.5 Å². The summed E-state index contributed by atoms with van der Waals surface area (Å²) in [6, 6.07) is 2.56. The van der Waals surface area contributed by atoms with Crippen LogP contribution < -0.4 is 10.1 Å². The molecule has 0 aliphatic carbocycles. The monoisotopic (exact) mass is 373 g/mol. The average Bonchev–Trinajstić information content (AvgIpc) is 3.16. The number of carbonyl (C=O) groups excluding carboxylic acids is 1. The zero-order valence-electron chi connectivity index (χ0n) is 14.1. The Morgan fingerprint density at radius 1 is 1.23 bits per heavy atom. The molecule has 0 aromatic carbocycles. The second kappa shape index (κ2) is 7.87. The van der Waals surface area contributed by atoms with Gasteiger partial charge in [0, 0.05) is 24.0 Å². The molecule has 3 aromatic rings. The lowest BCUT2D eigenvalue weighted by Gasteiger charge is -2.16. The molecule has 10 heteroatoms. The van der Waals surface area contributed by atoms with Crippen molar-refractivity contribution in [1.29, 1.82) is 0 Å². The van der Waals surface area contributed by atoms with Crippen molar-refractivity contribution in [2.75, 3.05) is 6.61 Å². The van der Waals surface area contributed by atoms with Crippen molar-refractivity contribution in [3.05, 3.63) is 53.3 Å². The van der Waals surface area contributed by atoms with Crippen LogP contribution in [0.25, 0.3) is 5.82 Å².